The van der Waals surface area contributed by atoms with Gasteiger partial charge in [0.05, 0.1) is 6.10 Å². The lowest BCUT2D eigenvalue weighted by Gasteiger charge is -2.05. The molecule has 0 aromatic heterocycles. The Labute approximate surface area is 73.4 Å². The van der Waals surface area contributed by atoms with Crippen molar-refractivity contribution in [2.75, 3.05) is 0 Å². The first-order valence-corrected chi connectivity index (χ1v) is 4.56. The molecule has 0 heterocycles. The van der Waals surface area contributed by atoms with E-state index < -0.39 is 5.97 Å². The third kappa shape index (κ3) is 7.54. The summed E-state index contributed by atoms with van der Waals surface area (Å²) < 4.78 is 0. The van der Waals surface area contributed by atoms with Crippen LogP contribution in [0.15, 0.2) is 0 Å². The zero-order valence-corrected chi connectivity index (χ0v) is 7.62. The molecule has 0 saturated carbocycles. The van der Waals surface area contributed by atoms with E-state index in [-0.39, 0.29) is 12.5 Å². The van der Waals surface area contributed by atoms with Crippen molar-refractivity contribution >= 4 is 5.97 Å². The fourth-order valence-electron chi connectivity index (χ4n) is 1.04. The maximum absolute atomic E-state index is 10.1. The molecule has 0 bridgehead atoms. The van der Waals surface area contributed by atoms with Gasteiger partial charge >= 0.3 is 5.97 Å². The van der Waals surface area contributed by atoms with Crippen molar-refractivity contribution in [2.24, 2.45) is 0 Å². The summed E-state index contributed by atoms with van der Waals surface area (Å²) in [5.74, 6) is -0.731. The molecule has 0 saturated heterocycles. The Kier molecular flexibility index (Phi) is 6.76. The van der Waals surface area contributed by atoms with Crippen LogP contribution in [0.3, 0.4) is 0 Å². The van der Waals surface area contributed by atoms with Crippen LogP contribution in [-0.2, 0) is 4.79 Å². The van der Waals surface area contributed by atoms with Gasteiger partial charge in [0.15, 0.2) is 0 Å². The Hall–Kier alpha value is -0.570. The van der Waals surface area contributed by atoms with Gasteiger partial charge in [-0.2, -0.15) is 0 Å². The number of carbonyl (C=O) groups is 1. The molecule has 3 nitrogen and oxygen atoms in total. The summed E-state index contributed by atoms with van der Waals surface area (Å²) in [6.45, 7) is 1.95. The van der Waals surface area contributed by atoms with Gasteiger partial charge in [0.25, 0.3) is 0 Å². The average molecular weight is 174 g/mol. The Bertz CT molecular complexity index is 123. The van der Waals surface area contributed by atoms with Gasteiger partial charge in [-0.3, -0.25) is 4.79 Å². The second-order valence-corrected chi connectivity index (χ2v) is 3.06. The Balaban J connectivity index is 3.05. The first-order chi connectivity index (χ1) is 5.66. The SMILES string of the molecule is CC[C@H](O)CCCCCC(=O)O. The van der Waals surface area contributed by atoms with Crippen molar-refractivity contribution in [3.63, 3.8) is 0 Å². The number of aliphatic carboxylic acids is 1. The molecular formula is C9H18O3. The summed E-state index contributed by atoms with van der Waals surface area (Å²) in [5, 5.41) is 17.5. The van der Waals surface area contributed by atoms with Crippen LogP contribution >= 0.6 is 0 Å². The lowest BCUT2D eigenvalue weighted by atomic mass is 10.1. The number of carboxylic acids is 1. The van der Waals surface area contributed by atoms with Crippen molar-refractivity contribution in [3.05, 3.63) is 0 Å². The zero-order valence-electron chi connectivity index (χ0n) is 7.62. The van der Waals surface area contributed by atoms with Crippen LogP contribution in [0.5, 0.6) is 0 Å². The number of aliphatic hydroxyl groups is 1. The second kappa shape index (κ2) is 7.10. The molecule has 0 aliphatic rings. The lowest BCUT2D eigenvalue weighted by molar-refractivity contribution is -0.137. The summed E-state index contributed by atoms with van der Waals surface area (Å²) in [6, 6.07) is 0. The number of hydrogen-bond donors (Lipinski definition) is 2. The average Bonchev–Trinajstić information content (AvgIpc) is 2.03. The van der Waals surface area contributed by atoms with Gasteiger partial charge in [0, 0.05) is 6.42 Å². The first kappa shape index (κ1) is 11.4. The van der Waals surface area contributed by atoms with Gasteiger partial charge in [-0.05, 0) is 19.3 Å². The van der Waals surface area contributed by atoms with E-state index >= 15 is 0 Å². The van der Waals surface area contributed by atoms with E-state index in [1.165, 1.54) is 0 Å². The fourth-order valence-corrected chi connectivity index (χ4v) is 1.04. The van der Waals surface area contributed by atoms with Crippen LogP contribution in [0, 0.1) is 0 Å². The van der Waals surface area contributed by atoms with Crippen LogP contribution in [0.2, 0.25) is 0 Å². The molecule has 12 heavy (non-hydrogen) atoms. The number of aliphatic hydroxyl groups excluding tert-OH is 1. The van der Waals surface area contributed by atoms with E-state index in [0.717, 1.165) is 32.1 Å². The third-order valence-corrected chi connectivity index (χ3v) is 1.90. The summed E-state index contributed by atoms with van der Waals surface area (Å²) >= 11 is 0. The minimum Gasteiger partial charge on any atom is -0.481 e. The van der Waals surface area contributed by atoms with Crippen molar-refractivity contribution in [1.29, 1.82) is 0 Å². The molecule has 0 unspecified atom stereocenters. The van der Waals surface area contributed by atoms with E-state index in [4.69, 9.17) is 10.2 Å². The molecule has 0 aliphatic carbocycles. The van der Waals surface area contributed by atoms with Gasteiger partial charge in [-0.1, -0.05) is 19.8 Å². The highest BCUT2D eigenvalue weighted by Crippen LogP contribution is 2.07. The number of rotatable bonds is 7. The van der Waals surface area contributed by atoms with Crippen LogP contribution in [-0.4, -0.2) is 22.3 Å². The van der Waals surface area contributed by atoms with E-state index in [9.17, 15) is 4.79 Å². The van der Waals surface area contributed by atoms with E-state index in [1.807, 2.05) is 6.92 Å². The molecule has 2 N–H and O–H groups in total. The number of hydrogen-bond acceptors (Lipinski definition) is 2. The maximum atomic E-state index is 10.1. The lowest BCUT2D eigenvalue weighted by Crippen LogP contribution is -2.03. The number of carboxylic acid groups (broad SMARTS) is 1. The molecule has 72 valence electrons. The highest BCUT2D eigenvalue weighted by molar-refractivity contribution is 5.66. The van der Waals surface area contributed by atoms with Gasteiger partial charge in [0.2, 0.25) is 0 Å². The zero-order chi connectivity index (χ0) is 9.40. The second-order valence-electron chi connectivity index (χ2n) is 3.06. The summed E-state index contributed by atoms with van der Waals surface area (Å²) in [4.78, 5) is 10.1. The molecular weight excluding hydrogens is 156 g/mol. The van der Waals surface area contributed by atoms with Crippen molar-refractivity contribution in [3.8, 4) is 0 Å². The molecule has 0 aromatic rings. The standard InChI is InChI=1S/C9H18O3/c1-2-8(10)6-4-3-5-7-9(11)12/h8,10H,2-7H2,1H3,(H,11,12)/t8-/m0/s1. The quantitative estimate of drug-likeness (QED) is 0.578. The summed E-state index contributed by atoms with van der Waals surface area (Å²) in [6.07, 6.45) is 4.21. The molecule has 0 spiro atoms. The van der Waals surface area contributed by atoms with Crippen LogP contribution in [0.25, 0.3) is 0 Å². The van der Waals surface area contributed by atoms with Crippen molar-refractivity contribution < 1.29 is 15.0 Å². The van der Waals surface area contributed by atoms with Crippen LogP contribution in [0.1, 0.15) is 45.4 Å². The fraction of sp³-hybridized carbons (Fsp3) is 0.889. The normalized spacial score (nSPS) is 12.8. The Morgan fingerprint density at radius 1 is 1.33 bits per heavy atom. The molecule has 1 atom stereocenters. The predicted molar refractivity (Wildman–Crippen MR) is 47.0 cm³/mol. The smallest absolute Gasteiger partial charge is 0.303 e. The topological polar surface area (TPSA) is 57.5 Å². The molecule has 0 aliphatic heterocycles. The van der Waals surface area contributed by atoms with E-state index in [1.54, 1.807) is 0 Å². The Morgan fingerprint density at radius 3 is 2.50 bits per heavy atom. The monoisotopic (exact) mass is 174 g/mol. The van der Waals surface area contributed by atoms with E-state index in [2.05, 4.69) is 0 Å². The minimum atomic E-state index is -0.731. The summed E-state index contributed by atoms with van der Waals surface area (Å²) in [5.41, 5.74) is 0. The third-order valence-electron chi connectivity index (χ3n) is 1.90. The Morgan fingerprint density at radius 2 is 2.00 bits per heavy atom. The molecule has 0 amide bonds. The maximum Gasteiger partial charge on any atom is 0.303 e. The van der Waals surface area contributed by atoms with Gasteiger partial charge in [-0.25, -0.2) is 0 Å². The molecule has 0 rings (SSSR count). The largest absolute Gasteiger partial charge is 0.481 e. The van der Waals surface area contributed by atoms with Gasteiger partial charge in [-0.15, -0.1) is 0 Å². The number of unbranched alkanes of at least 4 members (excludes halogenated alkanes) is 2. The van der Waals surface area contributed by atoms with Crippen LogP contribution in [0.4, 0.5) is 0 Å². The first-order valence-electron chi connectivity index (χ1n) is 4.56. The van der Waals surface area contributed by atoms with Gasteiger partial charge in [0.1, 0.15) is 0 Å². The van der Waals surface area contributed by atoms with Crippen molar-refractivity contribution in [2.45, 2.75) is 51.6 Å². The molecule has 0 radical (unpaired) electrons. The van der Waals surface area contributed by atoms with Crippen molar-refractivity contribution in [1.82, 2.24) is 0 Å². The molecule has 0 aromatic carbocycles. The van der Waals surface area contributed by atoms with E-state index in [0.29, 0.717) is 0 Å². The highest BCUT2D eigenvalue weighted by Gasteiger charge is 2.00. The molecule has 3 heteroatoms. The summed E-state index contributed by atoms with van der Waals surface area (Å²) in [7, 11) is 0. The highest BCUT2D eigenvalue weighted by atomic mass is 16.4. The predicted octanol–water partition coefficient (Wildman–Crippen LogP) is 1.79. The van der Waals surface area contributed by atoms with Gasteiger partial charge < -0.3 is 10.2 Å². The minimum absolute atomic E-state index is 0.199. The molecule has 0 fully saturated rings. The van der Waals surface area contributed by atoms with Crippen LogP contribution < -0.4 is 0 Å².